The molecule has 1 heterocycles. The largest absolute Gasteiger partial charge is 0.459 e. The number of ether oxygens (including phenoxy) is 1. The smallest absolute Gasteiger partial charge is 0.322 e. The third kappa shape index (κ3) is 3.33. The predicted octanol–water partition coefficient (Wildman–Crippen LogP) is 3.05. The first-order chi connectivity index (χ1) is 10.7. The number of nitrogens with one attached hydrogen (secondary N) is 1. The highest BCUT2D eigenvalue weighted by Crippen LogP contribution is 2.44. The highest BCUT2D eigenvalue weighted by atomic mass is 16.6. The van der Waals surface area contributed by atoms with Gasteiger partial charge in [-0.05, 0) is 32.4 Å². The van der Waals surface area contributed by atoms with Gasteiger partial charge in [-0.15, -0.1) is 0 Å². The molecule has 7 heteroatoms. The fraction of sp³-hybridized carbons (Fsp3) is 0.500. The number of amides is 1. The van der Waals surface area contributed by atoms with E-state index >= 15 is 0 Å². The average molecular weight is 320 g/mol. The van der Waals surface area contributed by atoms with Crippen LogP contribution >= 0.6 is 0 Å². The molecule has 0 saturated carbocycles. The van der Waals surface area contributed by atoms with Crippen molar-refractivity contribution in [1.29, 1.82) is 0 Å². The molecule has 124 valence electrons. The van der Waals surface area contributed by atoms with E-state index in [9.17, 15) is 19.7 Å². The van der Waals surface area contributed by atoms with E-state index in [2.05, 4.69) is 5.32 Å². The van der Waals surface area contributed by atoms with Crippen LogP contribution in [0.5, 0.6) is 0 Å². The number of cyclic esters (lactones) is 1. The van der Waals surface area contributed by atoms with Crippen molar-refractivity contribution in [2.24, 2.45) is 5.41 Å². The third-order valence-electron chi connectivity index (χ3n) is 3.93. The van der Waals surface area contributed by atoms with Crippen LogP contribution in [-0.2, 0) is 14.3 Å². The van der Waals surface area contributed by atoms with Crippen molar-refractivity contribution in [1.82, 2.24) is 0 Å². The Labute approximate surface area is 134 Å². The first-order valence-corrected chi connectivity index (χ1v) is 7.49. The van der Waals surface area contributed by atoms with Crippen LogP contribution in [0, 0.1) is 15.5 Å². The Morgan fingerprint density at radius 3 is 2.39 bits per heavy atom. The zero-order valence-electron chi connectivity index (χ0n) is 13.4. The molecule has 0 spiro atoms. The first-order valence-electron chi connectivity index (χ1n) is 7.49. The third-order valence-corrected chi connectivity index (χ3v) is 3.93. The number of rotatable bonds is 5. The minimum Gasteiger partial charge on any atom is -0.459 e. The number of hydrogen-bond donors (Lipinski definition) is 1. The van der Waals surface area contributed by atoms with Gasteiger partial charge in [0.05, 0.1) is 4.92 Å². The van der Waals surface area contributed by atoms with Gasteiger partial charge in [0.25, 0.3) is 5.69 Å². The zero-order valence-corrected chi connectivity index (χ0v) is 13.4. The Balaban J connectivity index is 2.22. The molecule has 1 aliphatic rings. The Morgan fingerprint density at radius 1 is 1.35 bits per heavy atom. The van der Waals surface area contributed by atoms with Crippen molar-refractivity contribution >= 4 is 23.3 Å². The monoisotopic (exact) mass is 320 g/mol. The minimum absolute atomic E-state index is 0.0623. The molecule has 1 saturated heterocycles. The second-order valence-electron chi connectivity index (χ2n) is 6.42. The highest BCUT2D eigenvalue weighted by Gasteiger charge is 2.57. The maximum absolute atomic E-state index is 12.7. The van der Waals surface area contributed by atoms with Crippen molar-refractivity contribution in [3.8, 4) is 0 Å². The van der Waals surface area contributed by atoms with Crippen LogP contribution in [0.4, 0.5) is 11.4 Å². The average Bonchev–Trinajstić information content (AvgIpc) is 2.70. The number of nitrogens with zero attached hydrogens (tertiary/aromatic N) is 1. The summed E-state index contributed by atoms with van der Waals surface area (Å²) < 4.78 is 5.34. The molecule has 1 aromatic carbocycles. The fourth-order valence-electron chi connectivity index (χ4n) is 3.00. The van der Waals surface area contributed by atoms with Gasteiger partial charge >= 0.3 is 5.97 Å². The van der Waals surface area contributed by atoms with Gasteiger partial charge in [-0.2, -0.15) is 0 Å². The maximum Gasteiger partial charge on any atom is 0.322 e. The van der Waals surface area contributed by atoms with E-state index in [1.807, 2.05) is 6.92 Å². The Kier molecular flexibility index (Phi) is 4.40. The van der Waals surface area contributed by atoms with E-state index in [1.54, 1.807) is 13.8 Å². The molecule has 0 radical (unpaired) electrons. The quantitative estimate of drug-likeness (QED) is 0.389. The summed E-state index contributed by atoms with van der Waals surface area (Å²) in [4.78, 5) is 35.1. The highest BCUT2D eigenvalue weighted by molar-refractivity contribution is 6.10. The van der Waals surface area contributed by atoms with Crippen LogP contribution in [0.3, 0.4) is 0 Å². The molecular weight excluding hydrogens is 300 g/mol. The molecule has 0 aliphatic carbocycles. The van der Waals surface area contributed by atoms with Crippen LogP contribution in [-0.4, -0.2) is 22.4 Å². The standard InChI is InChI=1S/C16H20N2O5/c1-4-9-16(10-15(2,3)23-14(16)20)13(19)17-11-5-7-12(8-6-11)18(21)22/h5-8H,4,9-10H2,1-3H3,(H,17,19). The summed E-state index contributed by atoms with van der Waals surface area (Å²) in [7, 11) is 0. The maximum atomic E-state index is 12.7. The molecule has 23 heavy (non-hydrogen) atoms. The summed E-state index contributed by atoms with van der Waals surface area (Å²) in [6.45, 7) is 5.46. The number of carbonyl (C=O) groups excluding carboxylic acids is 2. The van der Waals surface area contributed by atoms with E-state index in [1.165, 1.54) is 24.3 Å². The molecule has 1 aliphatic heterocycles. The van der Waals surface area contributed by atoms with Crippen LogP contribution in [0.25, 0.3) is 0 Å². The lowest BCUT2D eigenvalue weighted by Crippen LogP contribution is -2.40. The van der Waals surface area contributed by atoms with E-state index in [-0.39, 0.29) is 5.69 Å². The summed E-state index contributed by atoms with van der Waals surface area (Å²) in [5.41, 5.74) is -1.54. The lowest BCUT2D eigenvalue weighted by molar-refractivity contribution is -0.384. The topological polar surface area (TPSA) is 98.5 Å². The van der Waals surface area contributed by atoms with Crippen molar-refractivity contribution < 1.29 is 19.2 Å². The number of hydrogen-bond acceptors (Lipinski definition) is 5. The summed E-state index contributed by atoms with van der Waals surface area (Å²) >= 11 is 0. The summed E-state index contributed by atoms with van der Waals surface area (Å²) in [6.07, 6.45) is 1.37. The number of nitro benzene ring substituents is 1. The van der Waals surface area contributed by atoms with E-state index in [0.29, 0.717) is 24.9 Å². The zero-order chi connectivity index (χ0) is 17.3. The Hall–Kier alpha value is -2.44. The normalized spacial score (nSPS) is 22.5. The van der Waals surface area contributed by atoms with Gasteiger partial charge in [0.1, 0.15) is 5.60 Å². The molecule has 1 fully saturated rings. The van der Waals surface area contributed by atoms with Gasteiger partial charge in [-0.3, -0.25) is 19.7 Å². The van der Waals surface area contributed by atoms with Crippen molar-refractivity contribution in [3.05, 3.63) is 34.4 Å². The lowest BCUT2D eigenvalue weighted by Gasteiger charge is -2.24. The van der Waals surface area contributed by atoms with Gasteiger partial charge in [-0.25, -0.2) is 0 Å². The van der Waals surface area contributed by atoms with Crippen LogP contribution in [0.2, 0.25) is 0 Å². The SMILES string of the molecule is CCCC1(C(=O)Nc2ccc([N+](=O)[O-])cc2)CC(C)(C)OC1=O. The number of non-ortho nitro benzene ring substituents is 1. The second-order valence-corrected chi connectivity index (χ2v) is 6.42. The number of esters is 1. The molecule has 0 bridgehead atoms. The van der Waals surface area contributed by atoms with Crippen molar-refractivity contribution in [2.75, 3.05) is 5.32 Å². The van der Waals surface area contributed by atoms with Crippen LogP contribution in [0.1, 0.15) is 40.0 Å². The van der Waals surface area contributed by atoms with E-state index in [4.69, 9.17) is 4.74 Å². The molecule has 1 atom stereocenters. The molecule has 1 amide bonds. The molecule has 1 N–H and O–H groups in total. The predicted molar refractivity (Wildman–Crippen MR) is 83.9 cm³/mol. The summed E-state index contributed by atoms with van der Waals surface area (Å²) in [5.74, 6) is -0.937. The Morgan fingerprint density at radius 2 is 1.96 bits per heavy atom. The number of anilines is 1. The van der Waals surface area contributed by atoms with Crippen LogP contribution in [0.15, 0.2) is 24.3 Å². The number of carbonyl (C=O) groups is 2. The van der Waals surface area contributed by atoms with Gasteiger partial charge in [-0.1, -0.05) is 13.3 Å². The minimum atomic E-state index is -1.21. The summed E-state index contributed by atoms with van der Waals surface area (Å²) in [5, 5.41) is 13.3. The van der Waals surface area contributed by atoms with E-state index < -0.39 is 27.8 Å². The first kappa shape index (κ1) is 16.9. The fourth-order valence-corrected chi connectivity index (χ4v) is 3.00. The molecule has 1 aromatic rings. The number of nitro groups is 1. The van der Waals surface area contributed by atoms with E-state index in [0.717, 1.165) is 0 Å². The van der Waals surface area contributed by atoms with Crippen molar-refractivity contribution in [3.63, 3.8) is 0 Å². The van der Waals surface area contributed by atoms with Gasteiger partial charge in [0.15, 0.2) is 5.41 Å². The molecule has 0 aromatic heterocycles. The second kappa shape index (κ2) is 5.98. The summed E-state index contributed by atoms with van der Waals surface area (Å²) in [6, 6.07) is 5.50. The number of benzene rings is 1. The van der Waals surface area contributed by atoms with Gasteiger partial charge in [0, 0.05) is 24.2 Å². The van der Waals surface area contributed by atoms with Crippen LogP contribution < -0.4 is 5.32 Å². The molecule has 7 nitrogen and oxygen atoms in total. The molecule has 2 rings (SSSR count). The Bertz CT molecular complexity index is 638. The molecular formula is C16H20N2O5. The van der Waals surface area contributed by atoms with Gasteiger partial charge in [0.2, 0.25) is 5.91 Å². The van der Waals surface area contributed by atoms with Gasteiger partial charge < -0.3 is 10.1 Å². The van der Waals surface area contributed by atoms with Crippen molar-refractivity contribution in [2.45, 2.75) is 45.6 Å². The lowest BCUT2D eigenvalue weighted by atomic mass is 9.77. The molecule has 1 unspecified atom stereocenters.